The first-order valence-corrected chi connectivity index (χ1v) is 11.4. The van der Waals surface area contributed by atoms with Crippen LogP contribution in [-0.2, 0) is 11.3 Å². The van der Waals surface area contributed by atoms with Crippen molar-refractivity contribution in [2.24, 2.45) is 0 Å². The highest BCUT2D eigenvalue weighted by Crippen LogP contribution is 2.28. The molecule has 1 aromatic carbocycles. The van der Waals surface area contributed by atoms with Crippen molar-refractivity contribution in [3.05, 3.63) is 63.5 Å². The van der Waals surface area contributed by atoms with Crippen LogP contribution in [0, 0.1) is 0 Å². The fourth-order valence-corrected chi connectivity index (χ4v) is 3.72. The maximum atomic E-state index is 13.1. The first-order chi connectivity index (χ1) is 15.0. The number of nitrogens with zero attached hydrogens (tertiary/aromatic N) is 2. The summed E-state index contributed by atoms with van der Waals surface area (Å²) in [5, 5.41) is 9.03. The molecular weight excluding hydrogens is 459 g/mol. The predicted molar refractivity (Wildman–Crippen MR) is 123 cm³/mol. The monoisotopic (exact) mass is 480 g/mol. The molecule has 3 aromatic rings. The van der Waals surface area contributed by atoms with Gasteiger partial charge in [0.1, 0.15) is 11.5 Å². The minimum Gasteiger partial charge on any atom is -0.467 e. The van der Waals surface area contributed by atoms with Crippen molar-refractivity contribution in [1.29, 1.82) is 0 Å². The largest absolute Gasteiger partial charge is 0.467 e. The van der Waals surface area contributed by atoms with Gasteiger partial charge in [-0.15, -0.1) is 11.3 Å². The summed E-state index contributed by atoms with van der Waals surface area (Å²) < 4.78 is 5.38. The number of thiazole rings is 1. The highest BCUT2D eigenvalue weighted by atomic mass is 35.5. The smallest absolute Gasteiger partial charge is 0.273 e. The van der Waals surface area contributed by atoms with Gasteiger partial charge in [0.2, 0.25) is 5.91 Å². The Hall–Kier alpha value is -2.55. The van der Waals surface area contributed by atoms with Crippen molar-refractivity contribution in [3.63, 3.8) is 0 Å². The molecule has 2 amide bonds. The molecule has 3 rings (SSSR count). The lowest BCUT2D eigenvalue weighted by Gasteiger charge is -2.20. The normalized spacial score (nSPS) is 10.7. The van der Waals surface area contributed by atoms with E-state index in [1.54, 1.807) is 46.9 Å². The van der Waals surface area contributed by atoms with Crippen molar-refractivity contribution in [2.75, 3.05) is 18.4 Å². The molecule has 7 nitrogen and oxygen atoms in total. The number of nitrogens with one attached hydrogen (secondary N) is 2. The molecule has 0 spiro atoms. The van der Waals surface area contributed by atoms with Crippen molar-refractivity contribution >= 4 is 57.2 Å². The molecule has 0 fully saturated rings. The summed E-state index contributed by atoms with van der Waals surface area (Å²) in [6, 6.07) is 8.69. The Bertz CT molecular complexity index is 1020. The number of carbonyl (C=O) groups excluding carboxylic acids is 2. The predicted octanol–water partition coefficient (Wildman–Crippen LogP) is 5.35. The third kappa shape index (κ3) is 6.72. The number of hydrogen-bond acceptors (Lipinski definition) is 6. The van der Waals surface area contributed by atoms with Gasteiger partial charge in [0.15, 0.2) is 5.13 Å². The fourth-order valence-electron chi connectivity index (χ4n) is 2.72. The zero-order valence-electron chi connectivity index (χ0n) is 16.9. The van der Waals surface area contributed by atoms with Crippen LogP contribution in [0.3, 0.4) is 0 Å². The molecule has 0 unspecified atom stereocenters. The quantitative estimate of drug-likeness (QED) is 0.408. The molecular formula is C21H22Cl2N4O3S. The summed E-state index contributed by atoms with van der Waals surface area (Å²) in [5.41, 5.74) is 0.996. The van der Waals surface area contributed by atoms with Gasteiger partial charge in [-0.25, -0.2) is 4.98 Å². The molecule has 0 radical (unpaired) electrons. The van der Waals surface area contributed by atoms with E-state index in [1.807, 2.05) is 6.92 Å². The Kier molecular flexibility index (Phi) is 8.34. The topological polar surface area (TPSA) is 87.5 Å². The molecule has 2 heterocycles. The van der Waals surface area contributed by atoms with Gasteiger partial charge in [-0.1, -0.05) is 30.1 Å². The Labute approximate surface area is 194 Å². The van der Waals surface area contributed by atoms with Crippen LogP contribution in [0.1, 0.15) is 36.0 Å². The van der Waals surface area contributed by atoms with E-state index in [4.69, 9.17) is 27.6 Å². The fraction of sp³-hybridized carbons (Fsp3) is 0.286. The summed E-state index contributed by atoms with van der Waals surface area (Å²) in [7, 11) is 0. The molecule has 0 aliphatic heterocycles. The Balaban J connectivity index is 1.69. The molecule has 0 aliphatic carbocycles. The maximum absolute atomic E-state index is 13.1. The van der Waals surface area contributed by atoms with E-state index < -0.39 is 0 Å². The Morgan fingerprint density at radius 1 is 1.23 bits per heavy atom. The molecule has 0 saturated heterocycles. The van der Waals surface area contributed by atoms with E-state index >= 15 is 0 Å². The zero-order chi connectivity index (χ0) is 22.2. The van der Waals surface area contributed by atoms with Crippen LogP contribution in [0.5, 0.6) is 0 Å². The lowest BCUT2D eigenvalue weighted by Crippen LogP contribution is -2.35. The molecule has 31 heavy (non-hydrogen) atoms. The van der Waals surface area contributed by atoms with Crippen LogP contribution in [0.15, 0.2) is 46.4 Å². The number of rotatable bonds is 10. The summed E-state index contributed by atoms with van der Waals surface area (Å²) >= 11 is 13.3. The second-order valence-electron chi connectivity index (χ2n) is 6.70. The Morgan fingerprint density at radius 3 is 2.77 bits per heavy atom. The van der Waals surface area contributed by atoms with Crippen molar-refractivity contribution in [3.8, 4) is 0 Å². The van der Waals surface area contributed by atoms with Gasteiger partial charge in [-0.2, -0.15) is 0 Å². The number of carbonyl (C=O) groups is 2. The average molecular weight is 481 g/mol. The first kappa shape index (κ1) is 23.1. The van der Waals surface area contributed by atoms with Gasteiger partial charge in [0.25, 0.3) is 5.91 Å². The van der Waals surface area contributed by atoms with Crippen LogP contribution in [0.2, 0.25) is 10.0 Å². The third-order valence-corrected chi connectivity index (χ3v) is 5.79. The van der Waals surface area contributed by atoms with Gasteiger partial charge < -0.3 is 20.0 Å². The number of aromatic nitrogens is 1. The van der Waals surface area contributed by atoms with Crippen LogP contribution in [0.25, 0.3) is 0 Å². The SMILES string of the molecule is CCCNC(=O)CCN(Cc1ccco1)C(=O)c1csc(Nc2ccc(Cl)c(Cl)c2)n1. The second kappa shape index (κ2) is 11.2. The van der Waals surface area contributed by atoms with E-state index in [1.165, 1.54) is 11.3 Å². The van der Waals surface area contributed by atoms with E-state index in [-0.39, 0.29) is 37.0 Å². The van der Waals surface area contributed by atoms with Crippen molar-refractivity contribution < 1.29 is 14.0 Å². The molecule has 10 heteroatoms. The average Bonchev–Trinajstić information content (AvgIpc) is 3.44. The minimum atomic E-state index is -0.280. The van der Waals surface area contributed by atoms with Crippen LogP contribution >= 0.6 is 34.5 Å². The van der Waals surface area contributed by atoms with Crippen LogP contribution in [-0.4, -0.2) is 34.8 Å². The maximum Gasteiger partial charge on any atom is 0.273 e. The number of hydrogen-bond donors (Lipinski definition) is 2. The number of benzene rings is 1. The summed E-state index contributed by atoms with van der Waals surface area (Å²) in [6.07, 6.45) is 2.60. The van der Waals surface area contributed by atoms with Crippen molar-refractivity contribution in [2.45, 2.75) is 26.3 Å². The minimum absolute atomic E-state index is 0.0978. The van der Waals surface area contributed by atoms with Gasteiger partial charge in [-0.05, 0) is 36.8 Å². The van der Waals surface area contributed by atoms with Crippen LogP contribution in [0.4, 0.5) is 10.8 Å². The summed E-state index contributed by atoms with van der Waals surface area (Å²) in [6.45, 7) is 3.10. The Morgan fingerprint density at radius 2 is 2.06 bits per heavy atom. The molecule has 0 aliphatic rings. The number of amides is 2. The summed E-state index contributed by atoms with van der Waals surface area (Å²) in [4.78, 5) is 31.1. The summed E-state index contributed by atoms with van der Waals surface area (Å²) in [5.74, 6) is 0.254. The van der Waals surface area contributed by atoms with Gasteiger partial charge >= 0.3 is 0 Å². The van der Waals surface area contributed by atoms with E-state index in [0.29, 0.717) is 33.2 Å². The van der Waals surface area contributed by atoms with Gasteiger partial charge in [-0.3, -0.25) is 9.59 Å². The molecule has 0 atom stereocenters. The zero-order valence-corrected chi connectivity index (χ0v) is 19.2. The molecule has 2 aromatic heterocycles. The molecule has 0 saturated carbocycles. The first-order valence-electron chi connectivity index (χ1n) is 9.72. The number of anilines is 2. The van der Waals surface area contributed by atoms with Crippen molar-refractivity contribution in [1.82, 2.24) is 15.2 Å². The molecule has 0 bridgehead atoms. The lowest BCUT2D eigenvalue weighted by molar-refractivity contribution is -0.121. The van der Waals surface area contributed by atoms with Crippen LogP contribution < -0.4 is 10.6 Å². The molecule has 164 valence electrons. The number of halogens is 2. The third-order valence-electron chi connectivity index (χ3n) is 4.29. The highest BCUT2D eigenvalue weighted by Gasteiger charge is 2.21. The van der Waals surface area contributed by atoms with E-state index in [9.17, 15) is 9.59 Å². The standard InChI is InChI=1S/C21H22Cl2N4O3S/c1-2-8-24-19(28)7-9-27(12-15-4-3-10-30-15)20(29)18-13-31-21(26-18)25-14-5-6-16(22)17(23)11-14/h3-6,10-11,13H,2,7-9,12H2,1H3,(H,24,28)(H,25,26). The number of furan rings is 1. The van der Waals surface area contributed by atoms with E-state index in [0.717, 1.165) is 6.42 Å². The molecule has 2 N–H and O–H groups in total. The lowest BCUT2D eigenvalue weighted by atomic mass is 10.3. The van der Waals surface area contributed by atoms with Gasteiger partial charge in [0.05, 0.1) is 22.9 Å². The highest BCUT2D eigenvalue weighted by molar-refractivity contribution is 7.14. The van der Waals surface area contributed by atoms with Gasteiger partial charge in [0, 0.05) is 30.6 Å². The second-order valence-corrected chi connectivity index (χ2v) is 8.37. The van der Waals surface area contributed by atoms with E-state index in [2.05, 4.69) is 15.6 Å².